The zero-order chi connectivity index (χ0) is 25.8. The van der Waals surface area contributed by atoms with Crippen molar-refractivity contribution in [3.05, 3.63) is 107 Å². The molecule has 0 bridgehead atoms. The van der Waals surface area contributed by atoms with Gasteiger partial charge >= 0.3 is 0 Å². The highest BCUT2D eigenvalue weighted by Gasteiger charge is 2.42. The third-order valence-electron chi connectivity index (χ3n) is 7.66. The van der Waals surface area contributed by atoms with Gasteiger partial charge in [0.1, 0.15) is 5.60 Å². The number of benzene rings is 3. The van der Waals surface area contributed by atoms with E-state index in [1.807, 2.05) is 77.7 Å². The molecule has 1 heterocycles. The van der Waals surface area contributed by atoms with E-state index in [0.29, 0.717) is 25.9 Å². The number of rotatable bonds is 7. The molecule has 4 rings (SSSR count). The van der Waals surface area contributed by atoms with Crippen LogP contribution in [-0.2, 0) is 15.8 Å². The van der Waals surface area contributed by atoms with Gasteiger partial charge in [-0.2, -0.15) is 0 Å². The van der Waals surface area contributed by atoms with Crippen molar-refractivity contribution in [2.75, 3.05) is 13.1 Å². The van der Waals surface area contributed by atoms with Crippen LogP contribution in [0.3, 0.4) is 0 Å². The molecule has 0 aromatic heterocycles. The highest BCUT2D eigenvalue weighted by atomic mass is 16.3. The van der Waals surface area contributed by atoms with Crippen LogP contribution in [0.2, 0.25) is 0 Å². The van der Waals surface area contributed by atoms with Gasteiger partial charge in [-0.3, -0.25) is 4.79 Å². The lowest BCUT2D eigenvalue weighted by Crippen LogP contribution is -2.46. The van der Waals surface area contributed by atoms with Crippen molar-refractivity contribution in [3.63, 3.8) is 0 Å². The first kappa shape index (κ1) is 26.1. The Morgan fingerprint density at radius 2 is 1.33 bits per heavy atom. The van der Waals surface area contributed by atoms with Crippen molar-refractivity contribution in [2.45, 2.75) is 63.6 Å². The van der Waals surface area contributed by atoms with E-state index < -0.39 is 11.7 Å². The van der Waals surface area contributed by atoms with E-state index in [9.17, 15) is 15.0 Å². The Morgan fingerprint density at radius 1 is 0.833 bits per heavy atom. The zero-order valence-electron chi connectivity index (χ0n) is 21.7. The summed E-state index contributed by atoms with van der Waals surface area (Å²) in [6.07, 6.45) is 1.52. The molecule has 1 atom stereocenters. The SMILES string of the molecule is CC(C)(C)c1ccc(C(O)CCC(=O)N2CCC(C(O)(c3ccccc3)c3ccccc3)CC2)cc1. The fraction of sp³-hybridized carbons (Fsp3) is 0.406. The minimum absolute atomic E-state index is 0.0123. The third-order valence-corrected chi connectivity index (χ3v) is 7.66. The van der Waals surface area contributed by atoms with Crippen LogP contribution >= 0.6 is 0 Å². The second kappa shape index (κ2) is 11.0. The molecule has 0 aliphatic carbocycles. The number of amides is 1. The smallest absolute Gasteiger partial charge is 0.222 e. The lowest BCUT2D eigenvalue weighted by molar-refractivity contribution is -0.134. The first-order valence-corrected chi connectivity index (χ1v) is 13.1. The summed E-state index contributed by atoms with van der Waals surface area (Å²) in [5, 5.41) is 22.7. The van der Waals surface area contributed by atoms with Crippen LogP contribution in [0.4, 0.5) is 0 Å². The molecule has 1 fully saturated rings. The summed E-state index contributed by atoms with van der Waals surface area (Å²) in [6, 6.07) is 27.8. The first-order chi connectivity index (χ1) is 17.2. The predicted octanol–water partition coefficient (Wildman–Crippen LogP) is 5.97. The van der Waals surface area contributed by atoms with Gasteiger partial charge in [-0.15, -0.1) is 0 Å². The van der Waals surface area contributed by atoms with Gasteiger partial charge in [0.15, 0.2) is 0 Å². The quantitative estimate of drug-likeness (QED) is 0.433. The Bertz CT molecular complexity index is 1070. The molecule has 0 saturated carbocycles. The van der Waals surface area contributed by atoms with Gasteiger partial charge in [0.25, 0.3) is 0 Å². The van der Waals surface area contributed by atoms with Gasteiger partial charge in [-0.1, -0.05) is 106 Å². The van der Waals surface area contributed by atoms with Gasteiger partial charge in [-0.05, 0) is 52.8 Å². The standard InChI is InChI=1S/C32H39NO3/c1-31(2,3)25-16-14-24(15-17-25)29(34)18-19-30(35)33-22-20-28(21-23-33)32(36,26-10-6-4-7-11-26)27-12-8-5-9-13-27/h4-17,28-29,34,36H,18-23H2,1-3H3. The molecule has 4 heteroatoms. The fourth-order valence-corrected chi connectivity index (χ4v) is 5.36. The summed E-state index contributed by atoms with van der Waals surface area (Å²) in [5.74, 6) is 0.0834. The molecule has 3 aromatic carbocycles. The molecule has 0 spiro atoms. The Morgan fingerprint density at radius 3 is 1.81 bits per heavy atom. The van der Waals surface area contributed by atoms with Gasteiger partial charge in [-0.25, -0.2) is 0 Å². The molecular weight excluding hydrogens is 446 g/mol. The number of hydrogen-bond donors (Lipinski definition) is 2. The Balaban J connectivity index is 1.36. The van der Waals surface area contributed by atoms with Crippen molar-refractivity contribution in [3.8, 4) is 0 Å². The molecule has 4 nitrogen and oxygen atoms in total. The fourth-order valence-electron chi connectivity index (χ4n) is 5.36. The maximum absolute atomic E-state index is 13.0. The second-order valence-corrected chi connectivity index (χ2v) is 11.1. The molecule has 190 valence electrons. The Hall–Kier alpha value is -2.95. The summed E-state index contributed by atoms with van der Waals surface area (Å²) in [6.45, 7) is 7.73. The van der Waals surface area contributed by atoms with Crippen LogP contribution in [0.15, 0.2) is 84.9 Å². The molecule has 0 radical (unpaired) electrons. The zero-order valence-corrected chi connectivity index (χ0v) is 21.7. The van der Waals surface area contributed by atoms with Crippen LogP contribution in [0.25, 0.3) is 0 Å². The summed E-state index contributed by atoms with van der Waals surface area (Å²) in [7, 11) is 0. The number of carbonyl (C=O) groups excluding carboxylic acids is 1. The summed E-state index contributed by atoms with van der Waals surface area (Å²) >= 11 is 0. The van der Waals surface area contributed by atoms with E-state index in [4.69, 9.17) is 0 Å². The van der Waals surface area contributed by atoms with E-state index >= 15 is 0 Å². The monoisotopic (exact) mass is 485 g/mol. The van der Waals surface area contributed by atoms with Crippen LogP contribution in [0.1, 0.15) is 74.8 Å². The van der Waals surface area contributed by atoms with E-state index in [1.165, 1.54) is 5.56 Å². The average molecular weight is 486 g/mol. The Labute approximate surface area is 215 Å². The summed E-state index contributed by atoms with van der Waals surface area (Å²) in [4.78, 5) is 14.9. The number of likely N-dealkylation sites (tertiary alicyclic amines) is 1. The molecule has 1 unspecified atom stereocenters. The third kappa shape index (κ3) is 5.71. The highest BCUT2D eigenvalue weighted by Crippen LogP contribution is 2.42. The van der Waals surface area contributed by atoms with Crippen molar-refractivity contribution in [1.29, 1.82) is 0 Å². The summed E-state index contributed by atoms with van der Waals surface area (Å²) in [5.41, 5.74) is 2.84. The van der Waals surface area contributed by atoms with Crippen LogP contribution in [0.5, 0.6) is 0 Å². The van der Waals surface area contributed by atoms with Crippen molar-refractivity contribution in [2.24, 2.45) is 5.92 Å². The topological polar surface area (TPSA) is 60.8 Å². The lowest BCUT2D eigenvalue weighted by Gasteiger charge is -2.42. The van der Waals surface area contributed by atoms with Crippen LogP contribution in [0, 0.1) is 5.92 Å². The maximum atomic E-state index is 13.0. The van der Waals surface area contributed by atoms with Gasteiger partial charge < -0.3 is 15.1 Å². The summed E-state index contributed by atoms with van der Waals surface area (Å²) < 4.78 is 0. The van der Waals surface area contributed by atoms with Crippen molar-refractivity contribution in [1.82, 2.24) is 4.90 Å². The predicted molar refractivity (Wildman–Crippen MR) is 145 cm³/mol. The molecule has 36 heavy (non-hydrogen) atoms. The average Bonchev–Trinajstić information content (AvgIpc) is 2.91. The van der Waals surface area contributed by atoms with E-state index in [0.717, 1.165) is 29.5 Å². The van der Waals surface area contributed by atoms with E-state index in [2.05, 4.69) is 32.9 Å². The maximum Gasteiger partial charge on any atom is 0.222 e. The number of piperidine rings is 1. The molecular formula is C32H39NO3. The second-order valence-electron chi connectivity index (χ2n) is 11.1. The van der Waals surface area contributed by atoms with Gasteiger partial charge in [0.05, 0.1) is 6.10 Å². The minimum atomic E-state index is -1.09. The number of carbonyl (C=O) groups is 1. The van der Waals surface area contributed by atoms with Crippen LogP contribution < -0.4 is 0 Å². The minimum Gasteiger partial charge on any atom is -0.388 e. The van der Waals surface area contributed by atoms with Crippen LogP contribution in [-0.4, -0.2) is 34.1 Å². The van der Waals surface area contributed by atoms with Crippen molar-refractivity contribution < 1.29 is 15.0 Å². The molecule has 1 saturated heterocycles. The normalized spacial score (nSPS) is 16.1. The van der Waals surface area contributed by atoms with Gasteiger partial charge in [0, 0.05) is 19.5 Å². The van der Waals surface area contributed by atoms with E-state index in [-0.39, 0.29) is 17.2 Å². The molecule has 2 N–H and O–H groups in total. The highest BCUT2D eigenvalue weighted by molar-refractivity contribution is 5.76. The number of nitrogens with zero attached hydrogens (tertiary/aromatic N) is 1. The Kier molecular flexibility index (Phi) is 7.97. The number of aliphatic hydroxyl groups excluding tert-OH is 1. The number of aliphatic hydroxyl groups is 2. The molecule has 1 aliphatic heterocycles. The molecule has 1 amide bonds. The van der Waals surface area contributed by atoms with E-state index in [1.54, 1.807) is 0 Å². The molecule has 3 aromatic rings. The first-order valence-electron chi connectivity index (χ1n) is 13.1. The van der Waals surface area contributed by atoms with Crippen molar-refractivity contribution >= 4 is 5.91 Å². The largest absolute Gasteiger partial charge is 0.388 e. The lowest BCUT2D eigenvalue weighted by atomic mass is 9.72. The van der Waals surface area contributed by atoms with Gasteiger partial charge in [0.2, 0.25) is 5.91 Å². The number of hydrogen-bond acceptors (Lipinski definition) is 3. The molecule has 1 aliphatic rings.